The number of nitrogens with zero attached hydrogens (tertiary/aromatic N) is 1. The standard InChI is InChI=1S/C17H22N2S/c1-17(2)9-7-15(8-10-17)19-14-5-3-13(4-6-14)16-18-11-12-20-16/h3-6,11-12,15,19H,7-10H2,1-2H3. The first kappa shape index (κ1) is 13.6. The molecule has 0 unspecified atom stereocenters. The van der Waals surface area contributed by atoms with Gasteiger partial charge >= 0.3 is 0 Å². The maximum Gasteiger partial charge on any atom is 0.123 e. The average Bonchev–Trinajstić information content (AvgIpc) is 2.96. The lowest BCUT2D eigenvalue weighted by Gasteiger charge is -2.35. The van der Waals surface area contributed by atoms with Crippen molar-refractivity contribution in [3.63, 3.8) is 0 Å². The molecule has 1 aliphatic rings. The van der Waals surface area contributed by atoms with E-state index in [-0.39, 0.29) is 0 Å². The highest BCUT2D eigenvalue weighted by atomic mass is 32.1. The van der Waals surface area contributed by atoms with E-state index in [2.05, 4.69) is 48.4 Å². The number of benzene rings is 1. The van der Waals surface area contributed by atoms with E-state index in [9.17, 15) is 0 Å². The second-order valence-corrected chi connectivity index (χ2v) is 7.39. The minimum atomic E-state index is 0.535. The van der Waals surface area contributed by atoms with Gasteiger partial charge in [-0.3, -0.25) is 0 Å². The lowest BCUT2D eigenvalue weighted by molar-refractivity contribution is 0.232. The van der Waals surface area contributed by atoms with Crippen molar-refractivity contribution in [3.8, 4) is 10.6 Å². The fourth-order valence-corrected chi connectivity index (χ4v) is 3.50. The number of aromatic nitrogens is 1. The molecular formula is C17H22N2S. The summed E-state index contributed by atoms with van der Waals surface area (Å²) in [6.45, 7) is 4.76. The van der Waals surface area contributed by atoms with E-state index in [4.69, 9.17) is 0 Å². The Kier molecular flexibility index (Phi) is 3.79. The SMILES string of the molecule is CC1(C)CCC(Nc2ccc(-c3nccs3)cc2)CC1. The van der Waals surface area contributed by atoms with Gasteiger partial charge in [-0.2, -0.15) is 0 Å². The molecule has 0 spiro atoms. The first-order valence-corrected chi connectivity index (χ1v) is 8.27. The molecule has 2 aromatic rings. The minimum Gasteiger partial charge on any atom is -0.382 e. The van der Waals surface area contributed by atoms with Crippen LogP contribution in [0.15, 0.2) is 35.8 Å². The molecule has 1 heterocycles. The highest BCUT2D eigenvalue weighted by molar-refractivity contribution is 7.13. The fourth-order valence-electron chi connectivity index (χ4n) is 2.85. The molecule has 20 heavy (non-hydrogen) atoms. The summed E-state index contributed by atoms with van der Waals surface area (Å²) in [6.07, 6.45) is 7.06. The fraction of sp³-hybridized carbons (Fsp3) is 0.471. The Bertz CT molecular complexity index is 533. The Morgan fingerprint density at radius 1 is 1.15 bits per heavy atom. The summed E-state index contributed by atoms with van der Waals surface area (Å²) in [7, 11) is 0. The van der Waals surface area contributed by atoms with Gasteiger partial charge in [0.15, 0.2) is 0 Å². The molecule has 1 aliphatic carbocycles. The van der Waals surface area contributed by atoms with Crippen LogP contribution in [0.4, 0.5) is 5.69 Å². The third-order valence-corrected chi connectivity index (χ3v) is 5.10. The molecule has 0 amide bonds. The van der Waals surface area contributed by atoms with E-state index in [1.54, 1.807) is 11.3 Å². The van der Waals surface area contributed by atoms with Crippen LogP contribution >= 0.6 is 11.3 Å². The third kappa shape index (κ3) is 3.21. The van der Waals surface area contributed by atoms with Crippen LogP contribution in [-0.4, -0.2) is 11.0 Å². The van der Waals surface area contributed by atoms with Gasteiger partial charge in [0.1, 0.15) is 5.01 Å². The lowest BCUT2D eigenvalue weighted by atomic mass is 9.75. The molecule has 0 bridgehead atoms. The lowest BCUT2D eigenvalue weighted by Crippen LogP contribution is -2.29. The minimum absolute atomic E-state index is 0.535. The van der Waals surface area contributed by atoms with Crippen LogP contribution in [0.3, 0.4) is 0 Å². The van der Waals surface area contributed by atoms with Crippen LogP contribution in [0, 0.1) is 5.41 Å². The summed E-state index contributed by atoms with van der Waals surface area (Å²) < 4.78 is 0. The largest absolute Gasteiger partial charge is 0.382 e. The van der Waals surface area contributed by atoms with Crippen LogP contribution in [0.25, 0.3) is 10.6 Å². The number of hydrogen-bond donors (Lipinski definition) is 1. The summed E-state index contributed by atoms with van der Waals surface area (Å²) in [4.78, 5) is 4.35. The van der Waals surface area contributed by atoms with Crippen molar-refractivity contribution in [3.05, 3.63) is 35.8 Å². The van der Waals surface area contributed by atoms with Gasteiger partial charge < -0.3 is 5.32 Å². The number of hydrogen-bond acceptors (Lipinski definition) is 3. The molecule has 1 saturated carbocycles. The molecule has 3 heteroatoms. The zero-order valence-corrected chi connectivity index (χ0v) is 13.0. The van der Waals surface area contributed by atoms with Crippen molar-refractivity contribution in [2.24, 2.45) is 5.41 Å². The predicted molar refractivity (Wildman–Crippen MR) is 87.2 cm³/mol. The number of rotatable bonds is 3. The van der Waals surface area contributed by atoms with E-state index >= 15 is 0 Å². The van der Waals surface area contributed by atoms with Gasteiger partial charge in [0.05, 0.1) is 0 Å². The molecule has 1 aromatic heterocycles. The number of nitrogens with one attached hydrogen (secondary N) is 1. The Hall–Kier alpha value is -1.35. The van der Waals surface area contributed by atoms with Gasteiger partial charge in [0, 0.05) is 28.9 Å². The van der Waals surface area contributed by atoms with Crippen LogP contribution < -0.4 is 5.32 Å². The Morgan fingerprint density at radius 2 is 1.85 bits per heavy atom. The summed E-state index contributed by atoms with van der Waals surface area (Å²) in [5.74, 6) is 0. The molecule has 2 nitrogen and oxygen atoms in total. The second kappa shape index (κ2) is 5.57. The van der Waals surface area contributed by atoms with Crippen molar-refractivity contribution < 1.29 is 0 Å². The van der Waals surface area contributed by atoms with Gasteiger partial charge in [-0.1, -0.05) is 13.8 Å². The zero-order chi connectivity index (χ0) is 14.0. The monoisotopic (exact) mass is 286 g/mol. The predicted octanol–water partition coefficient (Wildman–Crippen LogP) is 5.19. The van der Waals surface area contributed by atoms with Gasteiger partial charge in [-0.25, -0.2) is 4.98 Å². The van der Waals surface area contributed by atoms with Crippen LogP contribution in [0.5, 0.6) is 0 Å². The average molecular weight is 286 g/mol. The molecule has 0 radical (unpaired) electrons. The van der Waals surface area contributed by atoms with Gasteiger partial charge in [-0.05, 0) is 55.4 Å². The van der Waals surface area contributed by atoms with Crippen LogP contribution in [0.2, 0.25) is 0 Å². The molecule has 0 aliphatic heterocycles. The quantitative estimate of drug-likeness (QED) is 0.839. The zero-order valence-electron chi connectivity index (χ0n) is 12.2. The summed E-state index contributed by atoms with van der Waals surface area (Å²) in [5, 5.41) is 6.79. The second-order valence-electron chi connectivity index (χ2n) is 6.50. The van der Waals surface area contributed by atoms with Crippen LogP contribution in [-0.2, 0) is 0 Å². The van der Waals surface area contributed by atoms with E-state index in [0.29, 0.717) is 11.5 Å². The maximum absolute atomic E-state index is 4.35. The van der Waals surface area contributed by atoms with E-state index in [0.717, 1.165) is 5.01 Å². The number of thiazole rings is 1. The van der Waals surface area contributed by atoms with Crippen molar-refractivity contribution in [2.75, 3.05) is 5.32 Å². The Morgan fingerprint density at radius 3 is 2.45 bits per heavy atom. The highest BCUT2D eigenvalue weighted by Crippen LogP contribution is 2.36. The molecule has 106 valence electrons. The van der Waals surface area contributed by atoms with Crippen molar-refractivity contribution in [1.82, 2.24) is 4.98 Å². The molecular weight excluding hydrogens is 264 g/mol. The van der Waals surface area contributed by atoms with Crippen molar-refractivity contribution >= 4 is 17.0 Å². The van der Waals surface area contributed by atoms with Gasteiger partial charge in [0.2, 0.25) is 0 Å². The van der Waals surface area contributed by atoms with Crippen molar-refractivity contribution in [1.29, 1.82) is 0 Å². The van der Waals surface area contributed by atoms with E-state index in [1.807, 2.05) is 11.6 Å². The third-order valence-electron chi connectivity index (χ3n) is 4.27. The Balaban J connectivity index is 1.61. The normalized spacial score (nSPS) is 18.9. The molecule has 0 atom stereocenters. The first-order valence-electron chi connectivity index (χ1n) is 7.39. The smallest absolute Gasteiger partial charge is 0.123 e. The topological polar surface area (TPSA) is 24.9 Å². The maximum atomic E-state index is 4.35. The van der Waals surface area contributed by atoms with E-state index < -0.39 is 0 Å². The Labute approximate surface area is 125 Å². The van der Waals surface area contributed by atoms with Gasteiger partial charge in [0.25, 0.3) is 0 Å². The summed E-state index contributed by atoms with van der Waals surface area (Å²) >= 11 is 1.69. The molecule has 1 N–H and O–H groups in total. The van der Waals surface area contributed by atoms with Gasteiger partial charge in [-0.15, -0.1) is 11.3 Å². The summed E-state index contributed by atoms with van der Waals surface area (Å²) in [6, 6.07) is 9.31. The van der Waals surface area contributed by atoms with Crippen LogP contribution in [0.1, 0.15) is 39.5 Å². The first-order chi connectivity index (χ1) is 9.62. The summed E-state index contributed by atoms with van der Waals surface area (Å²) in [5.41, 5.74) is 2.97. The molecule has 1 fully saturated rings. The van der Waals surface area contributed by atoms with E-state index in [1.165, 1.54) is 36.9 Å². The number of anilines is 1. The highest BCUT2D eigenvalue weighted by Gasteiger charge is 2.26. The molecule has 0 saturated heterocycles. The molecule has 1 aromatic carbocycles. The van der Waals surface area contributed by atoms with Crippen molar-refractivity contribution in [2.45, 2.75) is 45.6 Å². The molecule has 3 rings (SSSR count).